The number of aliphatic hydroxyl groups excluding tert-OH is 1. The minimum absolute atomic E-state index is 0.174. The molecule has 0 heterocycles. The molecule has 0 aliphatic heterocycles. The van der Waals surface area contributed by atoms with Crippen LogP contribution in [-0.2, 0) is 4.79 Å². The van der Waals surface area contributed by atoms with Gasteiger partial charge in [-0.05, 0) is 12.3 Å². The van der Waals surface area contributed by atoms with Crippen molar-refractivity contribution < 1.29 is 9.90 Å². The van der Waals surface area contributed by atoms with Crippen LogP contribution < -0.4 is 11.1 Å². The number of rotatable bonds is 6. The van der Waals surface area contributed by atoms with E-state index in [9.17, 15) is 9.90 Å². The number of nitrogens with one attached hydrogen (secondary N) is 1. The van der Waals surface area contributed by atoms with E-state index in [0.717, 1.165) is 6.42 Å². The molecular weight excluding hydrogens is 180 g/mol. The predicted octanol–water partition coefficient (Wildman–Crippen LogP) is 0.247. The highest BCUT2D eigenvalue weighted by Gasteiger charge is 2.19. The fourth-order valence-corrected chi connectivity index (χ4v) is 0.993. The molecule has 0 bridgehead atoms. The van der Waals surface area contributed by atoms with E-state index in [-0.39, 0.29) is 11.8 Å². The lowest BCUT2D eigenvalue weighted by Crippen LogP contribution is -2.46. The number of carbonyl (C=O) groups excluding carboxylic acids is 1. The summed E-state index contributed by atoms with van der Waals surface area (Å²) in [6.45, 7) is 6.10. The van der Waals surface area contributed by atoms with Crippen LogP contribution in [0.3, 0.4) is 0 Å². The molecule has 4 heteroatoms. The molecule has 1 amide bonds. The first-order chi connectivity index (χ1) is 6.52. The minimum Gasteiger partial charge on any atom is -0.391 e. The number of hydrogen-bond acceptors (Lipinski definition) is 3. The Labute approximate surface area is 85.9 Å². The topological polar surface area (TPSA) is 75.3 Å². The van der Waals surface area contributed by atoms with Crippen molar-refractivity contribution in [2.24, 2.45) is 11.7 Å². The van der Waals surface area contributed by atoms with E-state index in [4.69, 9.17) is 5.73 Å². The van der Waals surface area contributed by atoms with Gasteiger partial charge in [0.05, 0.1) is 12.1 Å². The van der Waals surface area contributed by atoms with Crippen molar-refractivity contribution in [2.45, 2.75) is 45.8 Å². The summed E-state index contributed by atoms with van der Waals surface area (Å²) in [6.07, 6.45) is 1.05. The molecule has 0 aliphatic carbocycles. The van der Waals surface area contributed by atoms with Gasteiger partial charge in [0.15, 0.2) is 0 Å². The molecule has 84 valence electrons. The van der Waals surface area contributed by atoms with Crippen molar-refractivity contribution in [3.63, 3.8) is 0 Å². The average molecular weight is 202 g/mol. The van der Waals surface area contributed by atoms with Gasteiger partial charge in [-0.15, -0.1) is 0 Å². The second-order valence-electron chi connectivity index (χ2n) is 3.72. The second kappa shape index (κ2) is 6.79. The molecular formula is C10H22N2O2. The van der Waals surface area contributed by atoms with Crippen LogP contribution in [0.5, 0.6) is 0 Å². The van der Waals surface area contributed by atoms with E-state index in [1.807, 2.05) is 20.8 Å². The maximum Gasteiger partial charge on any atom is 0.237 e. The van der Waals surface area contributed by atoms with Gasteiger partial charge in [0.25, 0.3) is 0 Å². The normalized spacial score (nSPS) is 17.2. The molecule has 0 rings (SSSR count). The predicted molar refractivity (Wildman–Crippen MR) is 56.7 cm³/mol. The van der Waals surface area contributed by atoms with Gasteiger partial charge < -0.3 is 16.2 Å². The van der Waals surface area contributed by atoms with Crippen molar-refractivity contribution in [3.8, 4) is 0 Å². The molecule has 0 saturated heterocycles. The molecule has 0 saturated carbocycles. The SMILES string of the molecule is CCC(O)CNC(=O)C(N)C(C)CC. The molecule has 0 fully saturated rings. The summed E-state index contributed by atoms with van der Waals surface area (Å²) in [5, 5.41) is 11.9. The number of hydrogen-bond donors (Lipinski definition) is 3. The Morgan fingerprint density at radius 2 is 2.00 bits per heavy atom. The summed E-state index contributed by atoms with van der Waals surface area (Å²) in [4.78, 5) is 11.4. The van der Waals surface area contributed by atoms with E-state index in [0.29, 0.717) is 13.0 Å². The number of nitrogens with two attached hydrogens (primary N) is 1. The lowest BCUT2D eigenvalue weighted by atomic mass is 9.99. The molecule has 0 aromatic rings. The van der Waals surface area contributed by atoms with Crippen LogP contribution in [0.4, 0.5) is 0 Å². The van der Waals surface area contributed by atoms with Crippen LogP contribution in [0.2, 0.25) is 0 Å². The van der Waals surface area contributed by atoms with Crippen LogP contribution in [0.15, 0.2) is 0 Å². The fourth-order valence-electron chi connectivity index (χ4n) is 0.993. The van der Waals surface area contributed by atoms with Crippen LogP contribution in [0, 0.1) is 5.92 Å². The first-order valence-electron chi connectivity index (χ1n) is 5.24. The summed E-state index contributed by atoms with van der Waals surface area (Å²) < 4.78 is 0. The second-order valence-corrected chi connectivity index (χ2v) is 3.72. The molecule has 3 unspecified atom stereocenters. The number of amides is 1. The number of carbonyl (C=O) groups is 1. The summed E-state index contributed by atoms with van der Waals surface area (Å²) in [5.41, 5.74) is 5.71. The highest BCUT2D eigenvalue weighted by molar-refractivity contribution is 5.81. The van der Waals surface area contributed by atoms with Crippen molar-refractivity contribution >= 4 is 5.91 Å². The Kier molecular flexibility index (Phi) is 6.49. The van der Waals surface area contributed by atoms with Gasteiger partial charge in [-0.25, -0.2) is 0 Å². The summed E-state index contributed by atoms with van der Waals surface area (Å²) in [5.74, 6) is 0.000574. The first kappa shape index (κ1) is 13.4. The third-order valence-corrected chi connectivity index (χ3v) is 2.54. The van der Waals surface area contributed by atoms with Crippen molar-refractivity contribution in [2.75, 3.05) is 6.54 Å². The van der Waals surface area contributed by atoms with E-state index in [2.05, 4.69) is 5.32 Å². The smallest absolute Gasteiger partial charge is 0.237 e. The van der Waals surface area contributed by atoms with Crippen molar-refractivity contribution in [1.82, 2.24) is 5.32 Å². The third-order valence-electron chi connectivity index (χ3n) is 2.54. The molecule has 0 aromatic heterocycles. The molecule has 4 nitrogen and oxygen atoms in total. The van der Waals surface area contributed by atoms with Gasteiger partial charge in [-0.2, -0.15) is 0 Å². The van der Waals surface area contributed by atoms with Gasteiger partial charge in [-0.3, -0.25) is 4.79 Å². The lowest BCUT2D eigenvalue weighted by molar-refractivity contribution is -0.123. The summed E-state index contributed by atoms with van der Waals surface area (Å²) >= 11 is 0. The molecule has 4 N–H and O–H groups in total. The van der Waals surface area contributed by atoms with E-state index in [1.165, 1.54) is 0 Å². The zero-order valence-corrected chi connectivity index (χ0v) is 9.29. The Bertz CT molecular complexity index is 174. The molecule has 14 heavy (non-hydrogen) atoms. The highest BCUT2D eigenvalue weighted by Crippen LogP contribution is 2.04. The maximum atomic E-state index is 11.4. The highest BCUT2D eigenvalue weighted by atomic mass is 16.3. The lowest BCUT2D eigenvalue weighted by Gasteiger charge is -2.18. The van der Waals surface area contributed by atoms with Crippen LogP contribution in [0.25, 0.3) is 0 Å². The molecule has 0 aliphatic rings. The zero-order valence-electron chi connectivity index (χ0n) is 9.29. The summed E-state index contributed by atoms with van der Waals surface area (Å²) in [6, 6.07) is -0.468. The fraction of sp³-hybridized carbons (Fsp3) is 0.900. The molecule has 0 spiro atoms. The Morgan fingerprint density at radius 3 is 2.43 bits per heavy atom. The molecule has 0 aromatic carbocycles. The number of aliphatic hydroxyl groups is 1. The molecule has 0 radical (unpaired) electrons. The van der Waals surface area contributed by atoms with Gasteiger partial charge in [0.1, 0.15) is 0 Å². The third kappa shape index (κ3) is 4.58. The summed E-state index contributed by atoms with van der Waals surface area (Å²) in [7, 11) is 0. The Balaban J connectivity index is 3.84. The van der Waals surface area contributed by atoms with E-state index in [1.54, 1.807) is 0 Å². The Hall–Kier alpha value is -0.610. The van der Waals surface area contributed by atoms with Gasteiger partial charge in [0.2, 0.25) is 5.91 Å². The van der Waals surface area contributed by atoms with Crippen LogP contribution >= 0.6 is 0 Å². The minimum atomic E-state index is -0.469. The zero-order chi connectivity index (χ0) is 11.1. The largest absolute Gasteiger partial charge is 0.391 e. The van der Waals surface area contributed by atoms with E-state index >= 15 is 0 Å². The van der Waals surface area contributed by atoms with Gasteiger partial charge in [0, 0.05) is 6.54 Å². The van der Waals surface area contributed by atoms with Crippen LogP contribution in [0.1, 0.15) is 33.6 Å². The Morgan fingerprint density at radius 1 is 1.43 bits per heavy atom. The standard InChI is InChI=1S/C10H22N2O2/c1-4-7(3)9(11)10(14)12-6-8(13)5-2/h7-9,13H,4-6,11H2,1-3H3,(H,12,14). The quantitative estimate of drug-likeness (QED) is 0.578. The van der Waals surface area contributed by atoms with Crippen molar-refractivity contribution in [3.05, 3.63) is 0 Å². The first-order valence-corrected chi connectivity index (χ1v) is 5.24. The van der Waals surface area contributed by atoms with Gasteiger partial charge >= 0.3 is 0 Å². The average Bonchev–Trinajstić information content (AvgIpc) is 2.22. The van der Waals surface area contributed by atoms with Crippen molar-refractivity contribution in [1.29, 1.82) is 0 Å². The van der Waals surface area contributed by atoms with Crippen LogP contribution in [-0.4, -0.2) is 29.7 Å². The monoisotopic (exact) mass is 202 g/mol. The van der Waals surface area contributed by atoms with E-state index < -0.39 is 12.1 Å². The molecule has 3 atom stereocenters. The maximum absolute atomic E-state index is 11.4. The van der Waals surface area contributed by atoms with Gasteiger partial charge in [-0.1, -0.05) is 27.2 Å².